The normalized spacial score (nSPS) is 28.1. The second kappa shape index (κ2) is 5.70. The quantitative estimate of drug-likeness (QED) is 0.825. The number of rotatable bonds is 2. The fraction of sp³-hybridized carbons (Fsp3) is 0.467. The van der Waals surface area contributed by atoms with Crippen molar-refractivity contribution in [2.24, 2.45) is 4.99 Å². The number of amidine groups is 1. The third-order valence-electron chi connectivity index (χ3n) is 3.90. The first-order chi connectivity index (χ1) is 10.4. The highest BCUT2D eigenvalue weighted by Gasteiger charge is 2.49. The topological polar surface area (TPSA) is 66.8 Å². The molecule has 0 bridgehead atoms. The van der Waals surface area contributed by atoms with Gasteiger partial charge in [-0.2, -0.15) is 4.99 Å². The highest BCUT2D eigenvalue weighted by molar-refractivity contribution is 8.16. The average molecular weight is 338 g/mol. The summed E-state index contributed by atoms with van der Waals surface area (Å²) in [6, 6.07) is 7.73. The van der Waals surface area contributed by atoms with Crippen molar-refractivity contribution in [3.05, 3.63) is 29.8 Å². The van der Waals surface area contributed by atoms with Crippen LogP contribution in [0.4, 0.5) is 5.69 Å². The third kappa shape index (κ3) is 2.92. The smallest absolute Gasteiger partial charge is 0.247 e. The van der Waals surface area contributed by atoms with Crippen LogP contribution in [0.1, 0.15) is 18.9 Å². The van der Waals surface area contributed by atoms with Gasteiger partial charge in [0.1, 0.15) is 0 Å². The number of benzene rings is 1. The highest BCUT2D eigenvalue weighted by atomic mass is 32.2. The Morgan fingerprint density at radius 2 is 2.00 bits per heavy atom. The van der Waals surface area contributed by atoms with Gasteiger partial charge in [0.05, 0.1) is 17.5 Å². The third-order valence-corrected chi connectivity index (χ3v) is 7.11. The van der Waals surface area contributed by atoms with Crippen LogP contribution in [-0.4, -0.2) is 42.3 Å². The molecule has 22 heavy (non-hydrogen) atoms. The van der Waals surface area contributed by atoms with Crippen LogP contribution >= 0.6 is 11.8 Å². The van der Waals surface area contributed by atoms with Gasteiger partial charge in [-0.25, -0.2) is 8.42 Å². The van der Waals surface area contributed by atoms with Crippen LogP contribution < -0.4 is 4.90 Å². The van der Waals surface area contributed by atoms with Gasteiger partial charge in [0.2, 0.25) is 5.91 Å². The van der Waals surface area contributed by atoms with E-state index in [9.17, 15) is 13.2 Å². The van der Waals surface area contributed by atoms with Gasteiger partial charge in [-0.1, -0.05) is 36.4 Å². The number of nitrogens with zero attached hydrogens (tertiary/aromatic N) is 2. The molecule has 2 aliphatic rings. The molecule has 0 spiro atoms. The van der Waals surface area contributed by atoms with Crippen molar-refractivity contribution in [2.75, 3.05) is 16.4 Å². The molecule has 118 valence electrons. The number of sulfone groups is 1. The Hall–Kier alpha value is -1.34. The molecule has 0 aromatic heterocycles. The Bertz CT molecular complexity index is 726. The number of carbonyl (C=O) groups excluding carboxylic acids is 1. The van der Waals surface area contributed by atoms with E-state index in [1.807, 2.05) is 36.1 Å². The Balaban J connectivity index is 2.01. The Kier molecular flexibility index (Phi) is 4.03. The van der Waals surface area contributed by atoms with Crippen LogP contribution in [-0.2, 0) is 14.6 Å². The lowest BCUT2D eigenvalue weighted by Gasteiger charge is -2.24. The van der Waals surface area contributed by atoms with E-state index >= 15 is 0 Å². The molecule has 2 heterocycles. The van der Waals surface area contributed by atoms with Gasteiger partial charge in [0.25, 0.3) is 0 Å². The number of aryl methyl sites for hydroxylation is 1. The largest absolute Gasteiger partial charge is 0.316 e. The van der Waals surface area contributed by atoms with Gasteiger partial charge in [0, 0.05) is 17.4 Å². The SMILES string of the molecule is CCC(=O)N=C1S[C@@H]2CS(=O)(=O)C[C@@H]2N1c1ccc(C)cc1. The molecule has 2 saturated heterocycles. The van der Waals surface area contributed by atoms with Crippen molar-refractivity contribution in [2.45, 2.75) is 31.6 Å². The molecule has 1 aromatic carbocycles. The summed E-state index contributed by atoms with van der Waals surface area (Å²) in [4.78, 5) is 17.8. The Morgan fingerprint density at radius 1 is 1.32 bits per heavy atom. The van der Waals surface area contributed by atoms with Gasteiger partial charge < -0.3 is 4.90 Å². The molecule has 7 heteroatoms. The van der Waals surface area contributed by atoms with Gasteiger partial charge in [0.15, 0.2) is 15.0 Å². The van der Waals surface area contributed by atoms with Crippen LogP contribution in [0.15, 0.2) is 29.3 Å². The molecule has 0 radical (unpaired) electrons. The van der Waals surface area contributed by atoms with E-state index in [1.165, 1.54) is 11.8 Å². The first-order valence-electron chi connectivity index (χ1n) is 7.24. The molecule has 0 saturated carbocycles. The van der Waals surface area contributed by atoms with Crippen LogP contribution in [0.3, 0.4) is 0 Å². The summed E-state index contributed by atoms with van der Waals surface area (Å²) in [6.07, 6.45) is 0.347. The maximum Gasteiger partial charge on any atom is 0.247 e. The molecule has 0 N–H and O–H groups in total. The van der Waals surface area contributed by atoms with E-state index < -0.39 is 9.84 Å². The molecule has 2 fully saturated rings. The molecule has 2 aliphatic heterocycles. The number of aliphatic imine (C=N–C) groups is 1. The van der Waals surface area contributed by atoms with Crippen LogP contribution in [0.25, 0.3) is 0 Å². The van der Waals surface area contributed by atoms with Crippen molar-refractivity contribution >= 4 is 38.4 Å². The highest BCUT2D eigenvalue weighted by Crippen LogP contribution is 2.40. The van der Waals surface area contributed by atoms with Gasteiger partial charge in [-0.05, 0) is 19.1 Å². The molecule has 0 aliphatic carbocycles. The maximum atomic E-state index is 11.9. The molecule has 1 aromatic rings. The summed E-state index contributed by atoms with van der Waals surface area (Å²) in [6.45, 7) is 3.77. The standard InChI is InChI=1S/C15H18N2O3S2/c1-3-14(18)16-15-17(11-6-4-10(2)5-7-11)12-8-22(19,20)9-13(12)21-15/h4-7,12-13H,3,8-9H2,1-2H3/t12-,13+/m0/s1. The fourth-order valence-corrected chi connectivity index (χ4v) is 6.69. The Morgan fingerprint density at radius 3 is 2.64 bits per heavy atom. The van der Waals surface area contributed by atoms with Gasteiger partial charge in [-0.15, -0.1) is 0 Å². The number of thioether (sulfide) groups is 1. The van der Waals surface area contributed by atoms with Crippen molar-refractivity contribution < 1.29 is 13.2 Å². The lowest BCUT2D eigenvalue weighted by molar-refractivity contribution is -0.117. The molecule has 1 amide bonds. The zero-order valence-electron chi connectivity index (χ0n) is 12.5. The van der Waals surface area contributed by atoms with Crippen molar-refractivity contribution in [1.82, 2.24) is 0 Å². The molecule has 2 atom stereocenters. The monoisotopic (exact) mass is 338 g/mol. The second-order valence-corrected chi connectivity index (χ2v) is 9.01. The predicted molar refractivity (Wildman–Crippen MR) is 90.2 cm³/mol. The first kappa shape index (κ1) is 15.6. The van der Waals surface area contributed by atoms with E-state index in [-0.39, 0.29) is 28.7 Å². The zero-order chi connectivity index (χ0) is 15.9. The van der Waals surface area contributed by atoms with Crippen LogP contribution in [0.5, 0.6) is 0 Å². The number of fused-ring (bicyclic) bond motifs is 1. The minimum absolute atomic E-state index is 0.0466. The predicted octanol–water partition coefficient (Wildman–Crippen LogP) is 2.01. The summed E-state index contributed by atoms with van der Waals surface area (Å²) in [5.41, 5.74) is 2.03. The zero-order valence-corrected chi connectivity index (χ0v) is 14.2. The van der Waals surface area contributed by atoms with E-state index in [0.717, 1.165) is 11.3 Å². The summed E-state index contributed by atoms with van der Waals surface area (Å²) in [7, 11) is -3.01. The van der Waals surface area contributed by atoms with Crippen molar-refractivity contribution in [3.8, 4) is 0 Å². The summed E-state index contributed by atoms with van der Waals surface area (Å²) >= 11 is 1.41. The maximum absolute atomic E-state index is 11.9. The van der Waals surface area contributed by atoms with Crippen molar-refractivity contribution in [3.63, 3.8) is 0 Å². The number of hydrogen-bond donors (Lipinski definition) is 0. The van der Waals surface area contributed by atoms with E-state index in [4.69, 9.17) is 0 Å². The minimum Gasteiger partial charge on any atom is -0.316 e. The van der Waals surface area contributed by atoms with Crippen LogP contribution in [0.2, 0.25) is 0 Å². The van der Waals surface area contributed by atoms with Crippen molar-refractivity contribution in [1.29, 1.82) is 0 Å². The molecule has 0 unspecified atom stereocenters. The molecule has 3 rings (SSSR count). The number of anilines is 1. The molecule has 5 nitrogen and oxygen atoms in total. The lowest BCUT2D eigenvalue weighted by Crippen LogP contribution is -2.37. The summed E-state index contributed by atoms with van der Waals surface area (Å²) in [5.74, 6) is 0.101. The number of carbonyl (C=O) groups is 1. The van der Waals surface area contributed by atoms with Gasteiger partial charge >= 0.3 is 0 Å². The lowest BCUT2D eigenvalue weighted by atomic mass is 10.1. The van der Waals surface area contributed by atoms with E-state index in [0.29, 0.717) is 11.6 Å². The van der Waals surface area contributed by atoms with Crippen LogP contribution in [0, 0.1) is 6.92 Å². The van der Waals surface area contributed by atoms with E-state index in [1.54, 1.807) is 6.92 Å². The fourth-order valence-electron chi connectivity index (χ4n) is 2.76. The van der Waals surface area contributed by atoms with E-state index in [2.05, 4.69) is 4.99 Å². The second-order valence-electron chi connectivity index (χ2n) is 5.65. The van der Waals surface area contributed by atoms with Gasteiger partial charge in [-0.3, -0.25) is 4.79 Å². The molecular formula is C15H18N2O3S2. The molecular weight excluding hydrogens is 320 g/mol. The number of hydrogen-bond acceptors (Lipinski definition) is 4. The average Bonchev–Trinajstić information content (AvgIpc) is 2.91. The summed E-state index contributed by atoms with van der Waals surface area (Å²) in [5, 5.41) is 0.579. The Labute approximate surface area is 134 Å². The summed E-state index contributed by atoms with van der Waals surface area (Å²) < 4.78 is 23.8. The first-order valence-corrected chi connectivity index (χ1v) is 9.94. The minimum atomic E-state index is -3.01. The number of amides is 1.